The standard InChI is InChI=1S/C27H19BrF3NO4/c1-2-11-35-19-8-3-5-15(12-19)23-22-24(33)20-14-17(28)9-10-21(20)36-25(22)26(34)32(23)18-7-4-6-16(13-18)27(29,30)31/h3-10,12-14,23H,2,11H2,1H3. The monoisotopic (exact) mass is 557 g/mol. The summed E-state index contributed by atoms with van der Waals surface area (Å²) in [6.45, 7) is 2.42. The molecule has 5 rings (SSSR count). The van der Waals surface area contributed by atoms with E-state index in [9.17, 15) is 22.8 Å². The second kappa shape index (κ2) is 9.13. The lowest BCUT2D eigenvalue weighted by Gasteiger charge is -2.26. The first-order valence-electron chi connectivity index (χ1n) is 11.2. The number of carbonyl (C=O) groups is 1. The van der Waals surface area contributed by atoms with Gasteiger partial charge in [0, 0.05) is 10.2 Å². The minimum absolute atomic E-state index is 0.00394. The molecule has 0 radical (unpaired) electrons. The number of amides is 1. The molecule has 0 bridgehead atoms. The quantitative estimate of drug-likeness (QED) is 0.262. The van der Waals surface area contributed by atoms with E-state index in [1.807, 2.05) is 6.92 Å². The van der Waals surface area contributed by atoms with Crippen LogP contribution < -0.4 is 15.1 Å². The Hall–Kier alpha value is -3.59. The van der Waals surface area contributed by atoms with Crippen LogP contribution in [0, 0.1) is 0 Å². The van der Waals surface area contributed by atoms with Crippen molar-refractivity contribution in [3.63, 3.8) is 0 Å². The van der Waals surface area contributed by atoms with E-state index >= 15 is 0 Å². The maximum Gasteiger partial charge on any atom is 0.416 e. The highest BCUT2D eigenvalue weighted by atomic mass is 79.9. The van der Waals surface area contributed by atoms with Gasteiger partial charge in [-0.05, 0) is 60.5 Å². The Morgan fingerprint density at radius 1 is 1.03 bits per heavy atom. The summed E-state index contributed by atoms with van der Waals surface area (Å²) in [5.41, 5.74) is -0.558. The molecule has 0 fully saturated rings. The van der Waals surface area contributed by atoms with Crippen LogP contribution in [0.15, 0.2) is 80.4 Å². The van der Waals surface area contributed by atoms with Crippen LogP contribution in [-0.2, 0) is 6.18 Å². The summed E-state index contributed by atoms with van der Waals surface area (Å²) < 4.78 is 52.8. The van der Waals surface area contributed by atoms with Gasteiger partial charge in [-0.25, -0.2) is 0 Å². The molecule has 1 amide bonds. The van der Waals surface area contributed by atoms with Crippen LogP contribution in [0.25, 0.3) is 11.0 Å². The number of hydrogen-bond acceptors (Lipinski definition) is 4. The SMILES string of the molecule is CCCOc1cccc(C2c3c(oc4ccc(Br)cc4c3=O)C(=O)N2c2cccc(C(F)(F)F)c2)c1. The third-order valence-electron chi connectivity index (χ3n) is 5.93. The highest BCUT2D eigenvalue weighted by Gasteiger charge is 2.44. The maximum atomic E-state index is 13.7. The first-order valence-corrected chi connectivity index (χ1v) is 12.0. The molecule has 1 unspecified atom stereocenters. The van der Waals surface area contributed by atoms with Gasteiger partial charge < -0.3 is 9.15 Å². The first-order chi connectivity index (χ1) is 17.2. The lowest BCUT2D eigenvalue weighted by molar-refractivity contribution is -0.137. The minimum Gasteiger partial charge on any atom is -0.494 e. The highest BCUT2D eigenvalue weighted by Crippen LogP contribution is 2.43. The molecule has 0 saturated carbocycles. The molecule has 0 saturated heterocycles. The van der Waals surface area contributed by atoms with Crippen molar-refractivity contribution in [3.8, 4) is 5.75 Å². The topological polar surface area (TPSA) is 59.8 Å². The number of nitrogens with zero attached hydrogens (tertiary/aromatic N) is 1. The molecular formula is C27H19BrF3NO4. The van der Waals surface area contributed by atoms with Crippen LogP contribution >= 0.6 is 15.9 Å². The number of fused-ring (bicyclic) bond motifs is 2. The summed E-state index contributed by atoms with van der Waals surface area (Å²) in [6, 6.07) is 15.1. The van der Waals surface area contributed by atoms with Crippen LogP contribution in [0.1, 0.15) is 46.6 Å². The Balaban J connectivity index is 1.76. The fourth-order valence-corrected chi connectivity index (χ4v) is 4.71. The van der Waals surface area contributed by atoms with E-state index in [1.165, 1.54) is 17.0 Å². The van der Waals surface area contributed by atoms with Crippen molar-refractivity contribution >= 4 is 38.5 Å². The summed E-state index contributed by atoms with van der Waals surface area (Å²) in [7, 11) is 0. The van der Waals surface area contributed by atoms with E-state index in [-0.39, 0.29) is 28.0 Å². The van der Waals surface area contributed by atoms with Crippen molar-refractivity contribution in [2.75, 3.05) is 11.5 Å². The van der Waals surface area contributed by atoms with Crippen LogP contribution in [0.3, 0.4) is 0 Å². The van der Waals surface area contributed by atoms with Gasteiger partial charge in [-0.15, -0.1) is 0 Å². The first kappa shape index (κ1) is 24.1. The van der Waals surface area contributed by atoms with Crippen molar-refractivity contribution in [1.82, 2.24) is 0 Å². The average Bonchev–Trinajstić information content (AvgIpc) is 3.15. The predicted molar refractivity (Wildman–Crippen MR) is 133 cm³/mol. The van der Waals surface area contributed by atoms with E-state index in [1.54, 1.807) is 42.5 Å². The Bertz CT molecular complexity index is 1550. The number of ether oxygens (including phenoxy) is 1. The molecule has 1 atom stereocenters. The van der Waals surface area contributed by atoms with Crippen molar-refractivity contribution in [3.05, 3.63) is 104 Å². The average molecular weight is 558 g/mol. The Kier molecular flexibility index (Phi) is 6.12. The molecule has 0 N–H and O–H groups in total. The highest BCUT2D eigenvalue weighted by molar-refractivity contribution is 9.10. The zero-order chi connectivity index (χ0) is 25.6. The van der Waals surface area contributed by atoms with Crippen LogP contribution in [0.4, 0.5) is 18.9 Å². The smallest absolute Gasteiger partial charge is 0.416 e. The van der Waals surface area contributed by atoms with Gasteiger partial charge in [0.25, 0.3) is 5.91 Å². The second-order valence-corrected chi connectivity index (χ2v) is 9.28. The predicted octanol–water partition coefficient (Wildman–Crippen LogP) is 7.11. The van der Waals surface area contributed by atoms with Gasteiger partial charge in [0.2, 0.25) is 5.76 Å². The van der Waals surface area contributed by atoms with Crippen molar-refractivity contribution in [2.24, 2.45) is 0 Å². The second-order valence-electron chi connectivity index (χ2n) is 8.36. The number of benzene rings is 3. The minimum atomic E-state index is -4.61. The van der Waals surface area contributed by atoms with Gasteiger partial charge >= 0.3 is 6.18 Å². The number of carbonyl (C=O) groups excluding carboxylic acids is 1. The molecule has 4 aromatic rings. The van der Waals surface area contributed by atoms with E-state index in [4.69, 9.17) is 9.15 Å². The van der Waals surface area contributed by atoms with Crippen molar-refractivity contribution in [2.45, 2.75) is 25.6 Å². The van der Waals surface area contributed by atoms with Crippen molar-refractivity contribution < 1.29 is 27.1 Å². The molecule has 36 heavy (non-hydrogen) atoms. The molecule has 5 nitrogen and oxygen atoms in total. The molecule has 0 aliphatic carbocycles. The zero-order valence-electron chi connectivity index (χ0n) is 18.9. The third kappa shape index (κ3) is 4.17. The molecular weight excluding hydrogens is 539 g/mol. The van der Waals surface area contributed by atoms with Gasteiger partial charge in [-0.2, -0.15) is 13.2 Å². The Morgan fingerprint density at radius 3 is 2.56 bits per heavy atom. The Labute approximate surface area is 212 Å². The van der Waals surface area contributed by atoms with Gasteiger partial charge in [-0.1, -0.05) is 41.1 Å². The third-order valence-corrected chi connectivity index (χ3v) is 6.42. The number of rotatable bonds is 5. The van der Waals surface area contributed by atoms with Gasteiger partial charge in [0.1, 0.15) is 11.3 Å². The molecule has 9 heteroatoms. The van der Waals surface area contributed by atoms with E-state index < -0.39 is 29.1 Å². The van der Waals surface area contributed by atoms with Gasteiger partial charge in [-0.3, -0.25) is 14.5 Å². The molecule has 184 valence electrons. The summed E-state index contributed by atoms with van der Waals surface area (Å²) in [4.78, 5) is 28.5. The largest absolute Gasteiger partial charge is 0.494 e. The van der Waals surface area contributed by atoms with Crippen LogP contribution in [0.2, 0.25) is 0 Å². The van der Waals surface area contributed by atoms with Crippen LogP contribution in [0.5, 0.6) is 5.75 Å². The summed E-state index contributed by atoms with van der Waals surface area (Å²) in [5.74, 6) is -0.375. The van der Waals surface area contributed by atoms with E-state index in [2.05, 4.69) is 15.9 Å². The zero-order valence-corrected chi connectivity index (χ0v) is 20.5. The number of halogens is 4. The number of alkyl halides is 3. The fourth-order valence-electron chi connectivity index (χ4n) is 4.35. The van der Waals surface area contributed by atoms with E-state index in [0.717, 1.165) is 18.6 Å². The van der Waals surface area contributed by atoms with Crippen LogP contribution in [-0.4, -0.2) is 12.5 Å². The number of hydrogen-bond donors (Lipinski definition) is 0. The fraction of sp³-hybridized carbons (Fsp3) is 0.185. The molecule has 1 aromatic heterocycles. The number of anilines is 1. The Morgan fingerprint density at radius 2 is 1.81 bits per heavy atom. The molecule has 0 spiro atoms. The molecule has 2 heterocycles. The van der Waals surface area contributed by atoms with Gasteiger partial charge in [0.05, 0.1) is 29.2 Å². The summed E-state index contributed by atoms with van der Waals surface area (Å²) in [5, 5.41) is 0.255. The molecule has 1 aliphatic heterocycles. The van der Waals surface area contributed by atoms with Gasteiger partial charge in [0.15, 0.2) is 5.43 Å². The summed E-state index contributed by atoms with van der Waals surface area (Å²) in [6.07, 6.45) is -3.83. The summed E-state index contributed by atoms with van der Waals surface area (Å²) >= 11 is 3.35. The molecule has 3 aromatic carbocycles. The maximum absolute atomic E-state index is 13.7. The normalized spacial score (nSPS) is 15.4. The van der Waals surface area contributed by atoms with E-state index in [0.29, 0.717) is 22.4 Å². The molecule has 1 aliphatic rings. The lowest BCUT2D eigenvalue weighted by Crippen LogP contribution is -2.29. The lowest BCUT2D eigenvalue weighted by atomic mass is 9.98. The van der Waals surface area contributed by atoms with Crippen molar-refractivity contribution in [1.29, 1.82) is 0 Å².